The fourth-order valence-electron chi connectivity index (χ4n) is 1.81. The highest BCUT2D eigenvalue weighted by atomic mass is 16.5. The molecule has 78 valence electrons. The van der Waals surface area contributed by atoms with Crippen LogP contribution in [0.1, 0.15) is 18.4 Å². The van der Waals surface area contributed by atoms with Gasteiger partial charge in [0, 0.05) is 24.4 Å². The van der Waals surface area contributed by atoms with E-state index < -0.39 is 0 Å². The maximum atomic E-state index is 5.34. The number of hydrogen-bond acceptors (Lipinski definition) is 2. The molecule has 1 aromatic carbocycles. The summed E-state index contributed by atoms with van der Waals surface area (Å²) in [7, 11) is 1.76. The van der Waals surface area contributed by atoms with Crippen molar-refractivity contribution >= 4 is 5.69 Å². The SMILES string of the molecule is C#Cc1cccc(NC2CC(OC)C2)c1. The molecule has 1 fully saturated rings. The Morgan fingerprint density at radius 1 is 1.47 bits per heavy atom. The number of benzene rings is 1. The summed E-state index contributed by atoms with van der Waals surface area (Å²) in [5.41, 5.74) is 2.02. The van der Waals surface area contributed by atoms with Crippen LogP contribution in [0.2, 0.25) is 0 Å². The van der Waals surface area contributed by atoms with E-state index in [-0.39, 0.29) is 0 Å². The minimum atomic E-state index is 0.429. The van der Waals surface area contributed by atoms with Crippen molar-refractivity contribution < 1.29 is 4.74 Å². The van der Waals surface area contributed by atoms with Crippen molar-refractivity contribution in [3.63, 3.8) is 0 Å². The van der Waals surface area contributed by atoms with Gasteiger partial charge in [-0.1, -0.05) is 12.0 Å². The molecule has 0 radical (unpaired) electrons. The van der Waals surface area contributed by atoms with Crippen molar-refractivity contribution in [2.75, 3.05) is 12.4 Å². The first-order chi connectivity index (χ1) is 7.31. The smallest absolute Gasteiger partial charge is 0.0610 e. The zero-order chi connectivity index (χ0) is 10.7. The van der Waals surface area contributed by atoms with Crippen LogP contribution in [0.25, 0.3) is 0 Å². The predicted octanol–water partition coefficient (Wildman–Crippen LogP) is 2.26. The van der Waals surface area contributed by atoms with Crippen molar-refractivity contribution in [3.8, 4) is 12.3 Å². The van der Waals surface area contributed by atoms with Crippen LogP contribution in [0.5, 0.6) is 0 Å². The average Bonchev–Trinajstić information content (AvgIpc) is 2.23. The number of hydrogen-bond donors (Lipinski definition) is 1. The Morgan fingerprint density at radius 2 is 2.27 bits per heavy atom. The van der Waals surface area contributed by atoms with Crippen LogP contribution < -0.4 is 5.32 Å². The van der Waals surface area contributed by atoms with Gasteiger partial charge < -0.3 is 10.1 Å². The van der Waals surface area contributed by atoms with Crippen LogP contribution in [0.4, 0.5) is 5.69 Å². The fourth-order valence-corrected chi connectivity index (χ4v) is 1.81. The Hall–Kier alpha value is -1.46. The first-order valence-electron chi connectivity index (χ1n) is 5.18. The lowest BCUT2D eigenvalue weighted by Gasteiger charge is -2.35. The molecule has 0 spiro atoms. The largest absolute Gasteiger partial charge is 0.382 e. The zero-order valence-electron chi connectivity index (χ0n) is 8.86. The molecular weight excluding hydrogens is 186 g/mol. The lowest BCUT2D eigenvalue weighted by Crippen LogP contribution is -2.40. The highest BCUT2D eigenvalue weighted by Crippen LogP contribution is 2.26. The van der Waals surface area contributed by atoms with Crippen LogP contribution in [-0.2, 0) is 4.74 Å². The van der Waals surface area contributed by atoms with E-state index in [0.717, 1.165) is 24.1 Å². The molecule has 0 aromatic heterocycles. The second-order valence-electron chi connectivity index (χ2n) is 3.90. The summed E-state index contributed by atoms with van der Waals surface area (Å²) in [4.78, 5) is 0. The molecule has 1 aromatic rings. The first kappa shape index (κ1) is 10.1. The number of nitrogens with one attached hydrogen (secondary N) is 1. The molecule has 0 aliphatic heterocycles. The molecule has 1 aliphatic carbocycles. The minimum Gasteiger partial charge on any atom is -0.382 e. The van der Waals surface area contributed by atoms with Crippen molar-refractivity contribution in [1.29, 1.82) is 0 Å². The monoisotopic (exact) mass is 201 g/mol. The molecule has 2 nitrogen and oxygen atoms in total. The Labute approximate surface area is 90.6 Å². The second-order valence-corrected chi connectivity index (χ2v) is 3.90. The van der Waals surface area contributed by atoms with Gasteiger partial charge in [-0.15, -0.1) is 6.42 Å². The lowest BCUT2D eigenvalue weighted by molar-refractivity contribution is 0.0329. The van der Waals surface area contributed by atoms with E-state index in [1.165, 1.54) is 0 Å². The molecule has 0 unspecified atom stereocenters. The fraction of sp³-hybridized carbons (Fsp3) is 0.385. The third kappa shape index (κ3) is 2.31. The predicted molar refractivity (Wildman–Crippen MR) is 61.8 cm³/mol. The molecule has 1 N–H and O–H groups in total. The van der Waals surface area contributed by atoms with E-state index in [1.807, 2.05) is 24.3 Å². The molecule has 1 saturated carbocycles. The van der Waals surface area contributed by atoms with Crippen LogP contribution >= 0.6 is 0 Å². The topological polar surface area (TPSA) is 21.3 Å². The lowest BCUT2D eigenvalue weighted by atomic mass is 9.89. The van der Waals surface area contributed by atoms with Gasteiger partial charge in [-0.25, -0.2) is 0 Å². The molecule has 0 heterocycles. The summed E-state index contributed by atoms with van der Waals surface area (Å²) >= 11 is 0. The quantitative estimate of drug-likeness (QED) is 0.757. The number of anilines is 1. The standard InChI is InChI=1S/C13H15NO/c1-3-10-5-4-6-11(7-10)14-12-8-13(9-12)15-2/h1,4-7,12-14H,8-9H2,2H3. The number of terminal acetylenes is 1. The van der Waals surface area contributed by atoms with Gasteiger partial charge in [-0.05, 0) is 31.0 Å². The van der Waals surface area contributed by atoms with E-state index in [2.05, 4.69) is 11.2 Å². The molecule has 0 atom stereocenters. The van der Waals surface area contributed by atoms with Crippen molar-refractivity contribution in [1.82, 2.24) is 0 Å². The number of rotatable bonds is 3. The van der Waals surface area contributed by atoms with Gasteiger partial charge in [0.1, 0.15) is 0 Å². The van der Waals surface area contributed by atoms with E-state index in [0.29, 0.717) is 12.1 Å². The maximum absolute atomic E-state index is 5.34. The van der Waals surface area contributed by atoms with Gasteiger partial charge in [0.25, 0.3) is 0 Å². The normalized spacial score (nSPS) is 24.0. The van der Waals surface area contributed by atoms with Gasteiger partial charge >= 0.3 is 0 Å². The number of ether oxygens (including phenoxy) is 1. The van der Waals surface area contributed by atoms with Gasteiger partial charge in [0.15, 0.2) is 0 Å². The molecule has 2 heteroatoms. The molecule has 2 rings (SSSR count). The Kier molecular flexibility index (Phi) is 2.94. The summed E-state index contributed by atoms with van der Waals surface area (Å²) in [6.07, 6.45) is 7.93. The highest BCUT2D eigenvalue weighted by molar-refractivity contribution is 5.50. The molecule has 0 saturated heterocycles. The second kappa shape index (κ2) is 4.37. The summed E-state index contributed by atoms with van der Waals surface area (Å²) in [5, 5.41) is 3.44. The van der Waals surface area contributed by atoms with E-state index in [1.54, 1.807) is 7.11 Å². The van der Waals surface area contributed by atoms with E-state index >= 15 is 0 Å². The van der Waals surface area contributed by atoms with Crippen LogP contribution in [-0.4, -0.2) is 19.3 Å². The van der Waals surface area contributed by atoms with Gasteiger partial charge in [-0.2, -0.15) is 0 Å². The molecule has 0 bridgehead atoms. The summed E-state index contributed by atoms with van der Waals surface area (Å²) in [6.45, 7) is 0. The summed E-state index contributed by atoms with van der Waals surface area (Å²) in [6, 6.07) is 8.48. The minimum absolute atomic E-state index is 0.429. The summed E-state index contributed by atoms with van der Waals surface area (Å²) in [5.74, 6) is 2.63. The Balaban J connectivity index is 1.92. The van der Waals surface area contributed by atoms with Gasteiger partial charge in [0.2, 0.25) is 0 Å². The number of methoxy groups -OCH3 is 1. The Morgan fingerprint density at radius 3 is 2.93 bits per heavy atom. The van der Waals surface area contributed by atoms with Crippen molar-refractivity contribution in [2.24, 2.45) is 0 Å². The maximum Gasteiger partial charge on any atom is 0.0610 e. The molecule has 0 amide bonds. The highest BCUT2D eigenvalue weighted by Gasteiger charge is 2.28. The summed E-state index contributed by atoms with van der Waals surface area (Å²) < 4.78 is 5.23. The van der Waals surface area contributed by atoms with Gasteiger partial charge in [0.05, 0.1) is 6.10 Å². The van der Waals surface area contributed by atoms with Crippen molar-refractivity contribution in [3.05, 3.63) is 29.8 Å². The average molecular weight is 201 g/mol. The van der Waals surface area contributed by atoms with Crippen molar-refractivity contribution in [2.45, 2.75) is 25.0 Å². The first-order valence-corrected chi connectivity index (χ1v) is 5.18. The van der Waals surface area contributed by atoms with Crippen LogP contribution in [0.3, 0.4) is 0 Å². The van der Waals surface area contributed by atoms with E-state index in [4.69, 9.17) is 11.2 Å². The third-order valence-electron chi connectivity index (χ3n) is 2.83. The molecule has 15 heavy (non-hydrogen) atoms. The zero-order valence-corrected chi connectivity index (χ0v) is 8.86. The van der Waals surface area contributed by atoms with Crippen LogP contribution in [0.15, 0.2) is 24.3 Å². The Bertz CT molecular complexity index is 374. The molecular formula is C13H15NO. The molecule has 1 aliphatic rings. The van der Waals surface area contributed by atoms with Gasteiger partial charge in [-0.3, -0.25) is 0 Å². The van der Waals surface area contributed by atoms with E-state index in [9.17, 15) is 0 Å². The third-order valence-corrected chi connectivity index (χ3v) is 2.83. The van der Waals surface area contributed by atoms with Crippen LogP contribution in [0, 0.1) is 12.3 Å².